The van der Waals surface area contributed by atoms with Crippen molar-refractivity contribution in [1.82, 2.24) is 15.1 Å². The molecule has 3 aliphatic carbocycles. The average molecular weight is 500 g/mol. The molecule has 4 aliphatic rings. The van der Waals surface area contributed by atoms with Crippen molar-refractivity contribution in [2.75, 3.05) is 6.61 Å². The van der Waals surface area contributed by atoms with Gasteiger partial charge in [0.05, 0.1) is 36.0 Å². The van der Waals surface area contributed by atoms with Crippen LogP contribution in [0.25, 0.3) is 0 Å². The quantitative estimate of drug-likeness (QED) is 0.625. The third-order valence-corrected chi connectivity index (χ3v) is 6.66. The van der Waals surface area contributed by atoms with Gasteiger partial charge in [-0.2, -0.15) is 5.10 Å². The van der Waals surface area contributed by atoms with Crippen LogP contribution in [0.3, 0.4) is 0 Å². The van der Waals surface area contributed by atoms with Crippen LogP contribution in [0.2, 0.25) is 5.02 Å². The van der Waals surface area contributed by atoms with Crippen LogP contribution in [-0.4, -0.2) is 52.2 Å². The summed E-state index contributed by atoms with van der Waals surface area (Å²) in [5, 5.41) is 7.72. The fourth-order valence-corrected chi connectivity index (χ4v) is 5.18. The number of ketones is 1. The number of rotatable bonds is 7. The topological polar surface area (TPSA) is 91.7 Å². The molecule has 1 aliphatic heterocycles. The molecule has 2 atom stereocenters. The lowest BCUT2D eigenvalue weighted by Crippen LogP contribution is -2.79. The largest absolute Gasteiger partial charge is 0.522 e. The number of benzene rings is 1. The van der Waals surface area contributed by atoms with Crippen LogP contribution in [-0.2, 0) is 15.1 Å². The number of alkyl halides is 3. The maximum atomic E-state index is 12.8. The van der Waals surface area contributed by atoms with Gasteiger partial charge in [0, 0.05) is 10.6 Å². The molecule has 2 bridgehead atoms. The highest BCUT2D eigenvalue weighted by Gasteiger charge is 2.70. The minimum Gasteiger partial charge on any atom is -0.488 e. The van der Waals surface area contributed by atoms with Gasteiger partial charge in [-0.3, -0.25) is 19.0 Å². The maximum absolute atomic E-state index is 12.8. The molecule has 1 aromatic heterocycles. The fourth-order valence-electron chi connectivity index (χ4n) is 5.01. The molecule has 3 fully saturated rings. The maximum Gasteiger partial charge on any atom is 0.522 e. The number of nitrogens with one attached hydrogen (secondary N) is 1. The number of hydrogen-bond donors (Lipinski definition) is 1. The summed E-state index contributed by atoms with van der Waals surface area (Å²) in [6, 6.07) is 4.72. The number of amides is 1. The Labute approximate surface area is 197 Å². The highest BCUT2D eigenvalue weighted by molar-refractivity contribution is 6.31. The van der Waals surface area contributed by atoms with Gasteiger partial charge in [0.2, 0.25) is 0 Å². The Morgan fingerprint density at radius 1 is 1.38 bits per heavy atom. The number of Topliss-reactive ketones (excluding diaryl/α,β-unsaturated/α-hetero) is 1. The SMILES string of the molecule is C[C@@H](COc1cnn(C23CC(NC(=O)[C@H]4CC(=O)c5cc(Cl)ccc5O4)(C2)C3)c1)OC(F)(F)F. The van der Waals surface area contributed by atoms with Gasteiger partial charge in [-0.1, -0.05) is 11.6 Å². The van der Waals surface area contributed by atoms with Crippen molar-refractivity contribution in [1.29, 1.82) is 0 Å². The number of hydrogen-bond acceptors (Lipinski definition) is 6. The molecule has 0 spiro atoms. The Bertz CT molecular complexity index is 1130. The summed E-state index contributed by atoms with van der Waals surface area (Å²) >= 11 is 5.93. The predicted molar refractivity (Wildman–Crippen MR) is 112 cm³/mol. The standard InChI is InChI=1S/C22H21ClF3N3O5/c1-12(34-22(24,25)26)8-32-14-6-27-29(7-14)21-9-20(10-21,11-21)28-19(31)18-5-16(30)15-4-13(23)2-3-17(15)33-18/h2-4,6-7,12,18H,5,8-11H2,1H3,(H,28,31)/t12-,18+,20?,21?/m0/s1. The predicted octanol–water partition coefficient (Wildman–Crippen LogP) is 3.62. The van der Waals surface area contributed by atoms with E-state index in [0.29, 0.717) is 41.3 Å². The summed E-state index contributed by atoms with van der Waals surface area (Å²) in [7, 11) is 0. The molecule has 182 valence electrons. The first-order chi connectivity index (χ1) is 16.0. The molecule has 6 rings (SSSR count). The summed E-state index contributed by atoms with van der Waals surface area (Å²) in [6.45, 7) is 0.996. The molecular weight excluding hydrogens is 479 g/mol. The number of carbonyl (C=O) groups is 2. The monoisotopic (exact) mass is 499 g/mol. The van der Waals surface area contributed by atoms with Crippen LogP contribution < -0.4 is 14.8 Å². The van der Waals surface area contributed by atoms with E-state index < -0.39 is 18.6 Å². The summed E-state index contributed by atoms with van der Waals surface area (Å²) in [6.07, 6.45) is -1.82. The Morgan fingerprint density at radius 3 is 2.82 bits per heavy atom. The van der Waals surface area contributed by atoms with E-state index >= 15 is 0 Å². The van der Waals surface area contributed by atoms with E-state index in [4.69, 9.17) is 21.1 Å². The smallest absolute Gasteiger partial charge is 0.488 e. The second kappa shape index (κ2) is 7.88. The van der Waals surface area contributed by atoms with Crippen molar-refractivity contribution >= 4 is 23.3 Å². The Balaban J connectivity index is 1.13. The van der Waals surface area contributed by atoms with Gasteiger partial charge in [-0.15, -0.1) is 13.2 Å². The molecule has 2 heterocycles. The minimum absolute atomic E-state index is 0.0588. The molecule has 0 unspecified atom stereocenters. The summed E-state index contributed by atoms with van der Waals surface area (Å²) in [4.78, 5) is 25.2. The van der Waals surface area contributed by atoms with Crippen LogP contribution in [0.1, 0.15) is 43.0 Å². The second-order valence-corrected chi connectivity index (χ2v) is 9.64. The van der Waals surface area contributed by atoms with E-state index in [1.54, 1.807) is 23.0 Å². The number of nitrogens with zero attached hydrogens (tertiary/aromatic N) is 2. The van der Waals surface area contributed by atoms with Crippen LogP contribution in [0, 0.1) is 0 Å². The lowest BCUT2D eigenvalue weighted by Gasteiger charge is -2.70. The summed E-state index contributed by atoms with van der Waals surface area (Å²) < 4.78 is 53.4. The molecule has 1 amide bonds. The Morgan fingerprint density at radius 2 is 2.12 bits per heavy atom. The van der Waals surface area contributed by atoms with Crippen molar-refractivity contribution in [3.05, 3.63) is 41.2 Å². The molecule has 8 nitrogen and oxygen atoms in total. The van der Waals surface area contributed by atoms with Gasteiger partial charge in [0.15, 0.2) is 17.6 Å². The van der Waals surface area contributed by atoms with Gasteiger partial charge in [-0.25, -0.2) is 0 Å². The molecule has 0 radical (unpaired) electrons. The molecule has 2 aromatic rings. The van der Waals surface area contributed by atoms with E-state index in [9.17, 15) is 22.8 Å². The number of aromatic nitrogens is 2. The van der Waals surface area contributed by atoms with Crippen LogP contribution in [0.5, 0.6) is 11.5 Å². The van der Waals surface area contributed by atoms with Gasteiger partial charge in [0.1, 0.15) is 12.4 Å². The first kappa shape index (κ1) is 23.0. The Kier molecular flexibility index (Phi) is 5.32. The number of halogens is 4. The summed E-state index contributed by atoms with van der Waals surface area (Å²) in [5.74, 6) is 0.143. The first-order valence-electron chi connectivity index (χ1n) is 10.7. The van der Waals surface area contributed by atoms with Gasteiger partial charge in [0.25, 0.3) is 5.91 Å². The minimum atomic E-state index is -4.72. The van der Waals surface area contributed by atoms with E-state index in [-0.39, 0.29) is 35.8 Å². The van der Waals surface area contributed by atoms with Crippen molar-refractivity contribution in [3.63, 3.8) is 0 Å². The van der Waals surface area contributed by atoms with Crippen molar-refractivity contribution in [2.24, 2.45) is 0 Å². The summed E-state index contributed by atoms with van der Waals surface area (Å²) in [5.41, 5.74) is -0.279. The second-order valence-electron chi connectivity index (χ2n) is 9.20. The highest BCUT2D eigenvalue weighted by Crippen LogP contribution is 2.65. The zero-order valence-corrected chi connectivity index (χ0v) is 18.8. The number of ether oxygens (including phenoxy) is 3. The van der Waals surface area contributed by atoms with Gasteiger partial charge < -0.3 is 14.8 Å². The Hall–Kier alpha value is -2.79. The average Bonchev–Trinajstić information content (AvgIpc) is 3.15. The molecule has 0 saturated heterocycles. The van der Waals surface area contributed by atoms with Gasteiger partial charge in [-0.05, 0) is 44.4 Å². The lowest BCUT2D eigenvalue weighted by atomic mass is 9.44. The highest BCUT2D eigenvalue weighted by atomic mass is 35.5. The van der Waals surface area contributed by atoms with Crippen LogP contribution >= 0.6 is 11.6 Å². The van der Waals surface area contributed by atoms with E-state index in [1.807, 2.05) is 0 Å². The molecular formula is C22H21ClF3N3O5. The molecule has 1 N–H and O–H groups in total. The number of carbonyl (C=O) groups excluding carboxylic acids is 2. The third kappa shape index (κ3) is 4.22. The zero-order chi connectivity index (χ0) is 24.3. The third-order valence-electron chi connectivity index (χ3n) is 6.43. The molecule has 12 heteroatoms. The molecule has 1 aromatic carbocycles. The van der Waals surface area contributed by atoms with Crippen molar-refractivity contribution < 1.29 is 37.0 Å². The normalized spacial score (nSPS) is 28.1. The van der Waals surface area contributed by atoms with Crippen molar-refractivity contribution in [3.8, 4) is 11.5 Å². The fraction of sp³-hybridized carbons (Fsp3) is 0.500. The number of fused-ring (bicyclic) bond motifs is 1. The van der Waals surface area contributed by atoms with E-state index in [0.717, 1.165) is 0 Å². The molecule has 34 heavy (non-hydrogen) atoms. The zero-order valence-electron chi connectivity index (χ0n) is 18.0. The van der Waals surface area contributed by atoms with E-state index in [2.05, 4.69) is 15.2 Å². The van der Waals surface area contributed by atoms with Gasteiger partial charge >= 0.3 is 6.36 Å². The van der Waals surface area contributed by atoms with Crippen molar-refractivity contribution in [2.45, 2.75) is 62.3 Å². The van der Waals surface area contributed by atoms with Crippen LogP contribution in [0.15, 0.2) is 30.6 Å². The first-order valence-corrected chi connectivity index (χ1v) is 11.1. The lowest BCUT2D eigenvalue weighted by molar-refractivity contribution is -0.342. The van der Waals surface area contributed by atoms with Crippen LogP contribution in [0.4, 0.5) is 13.2 Å². The van der Waals surface area contributed by atoms with E-state index in [1.165, 1.54) is 19.2 Å². The molecule has 3 saturated carbocycles.